The summed E-state index contributed by atoms with van der Waals surface area (Å²) >= 11 is 1.77. The summed E-state index contributed by atoms with van der Waals surface area (Å²) in [5.41, 5.74) is 2.45. The Balaban J connectivity index is 0.00000144. The molecule has 1 aromatic rings. The van der Waals surface area contributed by atoms with Gasteiger partial charge >= 0.3 is 0 Å². The third-order valence-electron chi connectivity index (χ3n) is 4.03. The van der Waals surface area contributed by atoms with Crippen LogP contribution in [0.25, 0.3) is 0 Å². The number of carbonyl (C=O) groups excluding carboxylic acids is 1. The Hall–Kier alpha value is -0.500. The van der Waals surface area contributed by atoms with E-state index in [4.69, 9.17) is 4.74 Å². The van der Waals surface area contributed by atoms with Crippen molar-refractivity contribution in [2.75, 3.05) is 37.9 Å². The molecule has 1 atom stereocenters. The summed E-state index contributed by atoms with van der Waals surface area (Å²) in [6.07, 6.45) is 0. The van der Waals surface area contributed by atoms with Crippen LogP contribution < -0.4 is 10.6 Å². The van der Waals surface area contributed by atoms with E-state index in [2.05, 4.69) is 39.8 Å². The minimum absolute atomic E-state index is 0. The van der Waals surface area contributed by atoms with Crippen LogP contribution in [-0.2, 0) is 22.6 Å². The van der Waals surface area contributed by atoms with Crippen LogP contribution in [0.2, 0.25) is 0 Å². The molecule has 2 fully saturated rings. The van der Waals surface area contributed by atoms with Gasteiger partial charge in [0.05, 0.1) is 19.3 Å². The first-order valence-electron chi connectivity index (χ1n) is 7.78. The van der Waals surface area contributed by atoms with Gasteiger partial charge in [-0.15, -0.1) is 36.6 Å². The molecule has 2 heterocycles. The third kappa shape index (κ3) is 6.43. The second-order valence-corrected chi connectivity index (χ2v) is 6.72. The number of nitrogens with one attached hydrogen (secondary N) is 2. The van der Waals surface area contributed by atoms with Crippen molar-refractivity contribution < 1.29 is 9.53 Å². The molecule has 3 rings (SSSR count). The lowest BCUT2D eigenvalue weighted by molar-refractivity contribution is -0.122. The molecule has 136 valence electrons. The van der Waals surface area contributed by atoms with E-state index in [1.165, 1.54) is 5.56 Å². The van der Waals surface area contributed by atoms with Crippen molar-refractivity contribution in [3.05, 3.63) is 35.4 Å². The molecular formula is C16H25Cl2N3O2S. The number of thioether (sulfide) groups is 1. The minimum Gasteiger partial charge on any atom is -0.379 e. The second-order valence-electron chi connectivity index (χ2n) is 5.69. The molecular weight excluding hydrogens is 369 g/mol. The molecule has 0 spiro atoms. The standard InChI is InChI=1S/C16H23N3O2S.2ClH/c20-16(15-11-22-12-18-15)17-9-13-1-3-14(4-2-13)10-19-5-7-21-8-6-19;;/h1-4,15,18H,5-12H2,(H,17,20);2*1H. The maximum Gasteiger partial charge on any atom is 0.238 e. The normalized spacial score (nSPS) is 20.8. The van der Waals surface area contributed by atoms with Gasteiger partial charge in [0, 0.05) is 37.8 Å². The summed E-state index contributed by atoms with van der Waals surface area (Å²) in [5.74, 6) is 1.83. The van der Waals surface area contributed by atoms with Gasteiger partial charge in [0.15, 0.2) is 0 Å². The lowest BCUT2D eigenvalue weighted by atomic mass is 10.1. The lowest BCUT2D eigenvalue weighted by Gasteiger charge is -2.26. The molecule has 24 heavy (non-hydrogen) atoms. The fraction of sp³-hybridized carbons (Fsp3) is 0.562. The van der Waals surface area contributed by atoms with Crippen LogP contribution in [0.5, 0.6) is 0 Å². The molecule has 0 aliphatic carbocycles. The van der Waals surface area contributed by atoms with Crippen LogP contribution in [0.1, 0.15) is 11.1 Å². The van der Waals surface area contributed by atoms with E-state index in [-0.39, 0.29) is 36.8 Å². The number of nitrogens with zero attached hydrogens (tertiary/aromatic N) is 1. The van der Waals surface area contributed by atoms with Crippen molar-refractivity contribution in [3.8, 4) is 0 Å². The number of morpholine rings is 1. The first kappa shape index (κ1) is 21.5. The average Bonchev–Trinajstić information content (AvgIpc) is 3.09. The molecule has 2 aliphatic heterocycles. The lowest BCUT2D eigenvalue weighted by Crippen LogP contribution is -2.41. The van der Waals surface area contributed by atoms with Gasteiger partial charge in [-0.2, -0.15) is 0 Å². The predicted octanol–water partition coefficient (Wildman–Crippen LogP) is 1.64. The topological polar surface area (TPSA) is 53.6 Å². The summed E-state index contributed by atoms with van der Waals surface area (Å²) in [6.45, 7) is 5.24. The number of carbonyl (C=O) groups is 1. The van der Waals surface area contributed by atoms with Crippen molar-refractivity contribution in [1.82, 2.24) is 15.5 Å². The van der Waals surface area contributed by atoms with Crippen LogP contribution in [0.15, 0.2) is 24.3 Å². The summed E-state index contributed by atoms with van der Waals surface area (Å²) < 4.78 is 5.36. The number of hydrogen-bond acceptors (Lipinski definition) is 5. The molecule has 0 bridgehead atoms. The van der Waals surface area contributed by atoms with Gasteiger partial charge in [0.25, 0.3) is 0 Å². The molecule has 0 saturated carbocycles. The Bertz CT molecular complexity index is 493. The first-order chi connectivity index (χ1) is 10.8. The van der Waals surface area contributed by atoms with Crippen LogP contribution in [-0.4, -0.2) is 54.8 Å². The summed E-state index contributed by atoms with van der Waals surface area (Å²) in [7, 11) is 0. The molecule has 2 N–H and O–H groups in total. The van der Waals surface area contributed by atoms with E-state index in [1.807, 2.05) is 0 Å². The number of ether oxygens (including phenoxy) is 1. The second kappa shape index (κ2) is 11.2. The van der Waals surface area contributed by atoms with Gasteiger partial charge in [-0.05, 0) is 11.1 Å². The number of rotatable bonds is 5. The zero-order valence-electron chi connectivity index (χ0n) is 13.5. The Morgan fingerprint density at radius 1 is 1.21 bits per heavy atom. The maximum absolute atomic E-state index is 11.9. The molecule has 0 radical (unpaired) electrons. The fourth-order valence-corrected chi connectivity index (χ4v) is 3.60. The monoisotopic (exact) mass is 393 g/mol. The highest BCUT2D eigenvalue weighted by Gasteiger charge is 2.21. The fourth-order valence-electron chi connectivity index (χ4n) is 2.66. The van der Waals surface area contributed by atoms with Gasteiger partial charge in [-0.3, -0.25) is 15.0 Å². The molecule has 0 aromatic heterocycles. The molecule has 1 unspecified atom stereocenters. The molecule has 1 amide bonds. The molecule has 2 saturated heterocycles. The maximum atomic E-state index is 11.9. The average molecular weight is 394 g/mol. The van der Waals surface area contributed by atoms with Gasteiger partial charge in [-0.1, -0.05) is 24.3 Å². The molecule has 1 aromatic carbocycles. The molecule has 5 nitrogen and oxygen atoms in total. The number of amides is 1. The number of hydrogen-bond donors (Lipinski definition) is 2. The number of benzene rings is 1. The largest absolute Gasteiger partial charge is 0.379 e. The zero-order chi connectivity index (χ0) is 15.2. The first-order valence-corrected chi connectivity index (χ1v) is 8.93. The van der Waals surface area contributed by atoms with Crippen molar-refractivity contribution >= 4 is 42.5 Å². The SMILES string of the molecule is Cl.Cl.O=C(NCc1ccc(CN2CCOCC2)cc1)C1CSCN1. The number of halogens is 2. The summed E-state index contributed by atoms with van der Waals surface area (Å²) in [5, 5.41) is 6.18. The highest BCUT2D eigenvalue weighted by Crippen LogP contribution is 2.11. The van der Waals surface area contributed by atoms with E-state index in [1.54, 1.807) is 11.8 Å². The van der Waals surface area contributed by atoms with Gasteiger partial charge in [0.2, 0.25) is 5.91 Å². The van der Waals surface area contributed by atoms with Gasteiger partial charge < -0.3 is 10.1 Å². The Labute approximate surface area is 160 Å². The quantitative estimate of drug-likeness (QED) is 0.796. The van der Waals surface area contributed by atoms with E-state index < -0.39 is 0 Å². The van der Waals surface area contributed by atoms with E-state index in [0.29, 0.717) is 6.54 Å². The third-order valence-corrected chi connectivity index (χ3v) is 4.97. The van der Waals surface area contributed by atoms with Gasteiger partial charge in [-0.25, -0.2) is 0 Å². The minimum atomic E-state index is -0.0365. The van der Waals surface area contributed by atoms with Crippen molar-refractivity contribution in [1.29, 1.82) is 0 Å². The smallest absolute Gasteiger partial charge is 0.238 e. The summed E-state index contributed by atoms with van der Waals surface area (Å²) in [6, 6.07) is 8.48. The van der Waals surface area contributed by atoms with E-state index in [0.717, 1.165) is 50.0 Å². The molecule has 2 aliphatic rings. The van der Waals surface area contributed by atoms with Crippen LogP contribution in [0.3, 0.4) is 0 Å². The van der Waals surface area contributed by atoms with Gasteiger partial charge in [0.1, 0.15) is 0 Å². The van der Waals surface area contributed by atoms with Crippen LogP contribution in [0, 0.1) is 0 Å². The van der Waals surface area contributed by atoms with Crippen molar-refractivity contribution in [2.45, 2.75) is 19.1 Å². The van der Waals surface area contributed by atoms with Crippen molar-refractivity contribution in [2.24, 2.45) is 0 Å². The highest BCUT2D eigenvalue weighted by atomic mass is 35.5. The Morgan fingerprint density at radius 3 is 2.50 bits per heavy atom. The Kier molecular flexibility index (Phi) is 10.0. The van der Waals surface area contributed by atoms with Crippen LogP contribution >= 0.6 is 36.6 Å². The zero-order valence-corrected chi connectivity index (χ0v) is 16.0. The highest BCUT2D eigenvalue weighted by molar-refractivity contribution is 7.99. The summed E-state index contributed by atoms with van der Waals surface area (Å²) in [4.78, 5) is 14.3. The van der Waals surface area contributed by atoms with E-state index in [9.17, 15) is 4.79 Å². The predicted molar refractivity (Wildman–Crippen MR) is 103 cm³/mol. The van der Waals surface area contributed by atoms with Crippen LogP contribution in [0.4, 0.5) is 0 Å². The molecule has 8 heteroatoms. The van der Waals surface area contributed by atoms with Crippen molar-refractivity contribution in [3.63, 3.8) is 0 Å². The Morgan fingerprint density at radius 2 is 1.88 bits per heavy atom. The van der Waals surface area contributed by atoms with E-state index >= 15 is 0 Å².